The molecule has 0 saturated carbocycles. The van der Waals surface area contributed by atoms with Crippen LogP contribution in [0.2, 0.25) is 0 Å². The Bertz CT molecular complexity index is 1380. The largest absolute Gasteiger partial charge is 0.319 e. The van der Waals surface area contributed by atoms with Crippen LogP contribution < -0.4 is 10.9 Å². The molecule has 10 heteroatoms. The Kier molecular flexibility index (Phi) is 4.26. The van der Waals surface area contributed by atoms with Gasteiger partial charge in [0.2, 0.25) is 0 Å². The number of thiophene rings is 1. The Morgan fingerprint density at radius 3 is 2.93 bits per heavy atom. The number of thiazole rings is 1. The van der Waals surface area contributed by atoms with E-state index >= 15 is 0 Å². The third kappa shape index (κ3) is 3.13. The van der Waals surface area contributed by atoms with Gasteiger partial charge >= 0.3 is 0 Å². The maximum Gasteiger partial charge on any atom is 0.275 e. The van der Waals surface area contributed by atoms with Crippen LogP contribution in [0.5, 0.6) is 0 Å². The van der Waals surface area contributed by atoms with E-state index in [1.165, 1.54) is 28.5 Å². The zero-order valence-electron chi connectivity index (χ0n) is 14.7. The molecule has 8 nitrogen and oxygen atoms in total. The van der Waals surface area contributed by atoms with Crippen molar-refractivity contribution in [3.63, 3.8) is 0 Å². The quantitative estimate of drug-likeness (QED) is 0.463. The second kappa shape index (κ2) is 7.08. The van der Waals surface area contributed by atoms with Crippen LogP contribution in [-0.4, -0.2) is 30.6 Å². The number of benzene rings is 1. The topological polar surface area (TPSA) is 106 Å². The first-order chi connectivity index (χ1) is 14.2. The maximum absolute atomic E-state index is 12.8. The summed E-state index contributed by atoms with van der Waals surface area (Å²) in [4.78, 5) is 35.9. The van der Waals surface area contributed by atoms with E-state index in [1.807, 2.05) is 29.0 Å². The SMILES string of the molecule is O=C(Nc1ccccc1-n1ncc2c(=O)[nH]cnc21)c1csc(-c2ccsc2)n1. The molecule has 0 fully saturated rings. The second-order valence-corrected chi connectivity index (χ2v) is 7.68. The Morgan fingerprint density at radius 1 is 1.17 bits per heavy atom. The molecule has 0 unspecified atom stereocenters. The summed E-state index contributed by atoms with van der Waals surface area (Å²) >= 11 is 3.00. The van der Waals surface area contributed by atoms with E-state index in [-0.39, 0.29) is 11.5 Å². The number of nitrogens with one attached hydrogen (secondary N) is 2. The van der Waals surface area contributed by atoms with Crippen molar-refractivity contribution >= 4 is 45.3 Å². The minimum absolute atomic E-state index is 0.272. The molecule has 0 radical (unpaired) electrons. The fourth-order valence-corrected chi connectivity index (χ4v) is 4.39. The Hall–Kier alpha value is -3.63. The molecule has 0 saturated heterocycles. The lowest BCUT2D eigenvalue weighted by atomic mass is 10.2. The van der Waals surface area contributed by atoms with Gasteiger partial charge in [0.1, 0.15) is 16.1 Å². The van der Waals surface area contributed by atoms with Gasteiger partial charge in [-0.3, -0.25) is 9.59 Å². The third-order valence-corrected chi connectivity index (χ3v) is 5.83. The fraction of sp³-hybridized carbons (Fsp3) is 0. The summed E-state index contributed by atoms with van der Waals surface area (Å²) in [5, 5.41) is 14.0. The predicted octanol–water partition coefficient (Wildman–Crippen LogP) is 3.55. The van der Waals surface area contributed by atoms with Crippen LogP contribution in [-0.2, 0) is 0 Å². The number of aromatic nitrogens is 5. The number of hydrogen-bond acceptors (Lipinski definition) is 7. The summed E-state index contributed by atoms with van der Waals surface area (Å²) in [6, 6.07) is 9.16. The summed E-state index contributed by atoms with van der Waals surface area (Å²) in [6.45, 7) is 0. The van der Waals surface area contributed by atoms with Gasteiger partial charge in [-0.1, -0.05) is 12.1 Å². The van der Waals surface area contributed by atoms with Gasteiger partial charge in [0.25, 0.3) is 11.5 Å². The van der Waals surface area contributed by atoms with Gasteiger partial charge in [0.05, 0.1) is 23.9 Å². The molecule has 0 atom stereocenters. The summed E-state index contributed by atoms with van der Waals surface area (Å²) in [7, 11) is 0. The van der Waals surface area contributed by atoms with E-state index in [0.717, 1.165) is 10.6 Å². The zero-order valence-corrected chi connectivity index (χ0v) is 16.3. The van der Waals surface area contributed by atoms with E-state index in [1.54, 1.807) is 28.8 Å². The number of rotatable bonds is 4. The second-order valence-electron chi connectivity index (χ2n) is 6.05. The summed E-state index contributed by atoms with van der Waals surface area (Å²) in [5.74, 6) is -0.322. The van der Waals surface area contributed by atoms with Crippen molar-refractivity contribution < 1.29 is 4.79 Å². The van der Waals surface area contributed by atoms with Crippen molar-refractivity contribution in [2.75, 3.05) is 5.32 Å². The molecule has 0 spiro atoms. The van der Waals surface area contributed by atoms with E-state index in [2.05, 4.69) is 25.4 Å². The van der Waals surface area contributed by atoms with E-state index in [9.17, 15) is 9.59 Å². The summed E-state index contributed by atoms with van der Waals surface area (Å²) in [5.41, 5.74) is 2.61. The highest BCUT2D eigenvalue weighted by molar-refractivity contribution is 7.14. The van der Waals surface area contributed by atoms with Crippen LogP contribution in [0.25, 0.3) is 27.3 Å². The fourth-order valence-electron chi connectivity index (χ4n) is 2.88. The van der Waals surface area contributed by atoms with Gasteiger partial charge in [-0.25, -0.2) is 14.6 Å². The molecule has 4 aromatic heterocycles. The number of hydrogen-bond donors (Lipinski definition) is 2. The van der Waals surface area contributed by atoms with Crippen LogP contribution >= 0.6 is 22.7 Å². The average molecular weight is 420 g/mol. The molecule has 4 heterocycles. The number of aromatic amines is 1. The minimum Gasteiger partial charge on any atom is -0.319 e. The normalized spacial score (nSPS) is 11.0. The molecular weight excluding hydrogens is 408 g/mol. The number of carbonyl (C=O) groups is 1. The predicted molar refractivity (Wildman–Crippen MR) is 113 cm³/mol. The molecule has 5 aromatic rings. The van der Waals surface area contributed by atoms with E-state index < -0.39 is 0 Å². The molecule has 1 aromatic carbocycles. The highest BCUT2D eigenvalue weighted by Gasteiger charge is 2.16. The summed E-state index contributed by atoms with van der Waals surface area (Å²) < 4.78 is 1.53. The third-order valence-electron chi connectivity index (χ3n) is 4.26. The zero-order chi connectivity index (χ0) is 19.8. The number of fused-ring (bicyclic) bond motifs is 1. The number of amides is 1. The summed E-state index contributed by atoms with van der Waals surface area (Å²) in [6.07, 6.45) is 2.78. The van der Waals surface area contributed by atoms with Crippen LogP contribution in [0.4, 0.5) is 5.69 Å². The van der Waals surface area contributed by atoms with Gasteiger partial charge in [-0.05, 0) is 23.6 Å². The first-order valence-electron chi connectivity index (χ1n) is 8.51. The molecule has 1 amide bonds. The number of para-hydroxylation sites is 2. The highest BCUT2D eigenvalue weighted by Crippen LogP contribution is 2.27. The lowest BCUT2D eigenvalue weighted by molar-refractivity contribution is 0.102. The van der Waals surface area contributed by atoms with Crippen LogP contribution in [0.15, 0.2) is 63.8 Å². The van der Waals surface area contributed by atoms with Crippen molar-refractivity contribution in [3.05, 3.63) is 75.0 Å². The van der Waals surface area contributed by atoms with Crippen molar-refractivity contribution in [2.45, 2.75) is 0 Å². The molecule has 5 rings (SSSR count). The van der Waals surface area contributed by atoms with Crippen molar-refractivity contribution in [2.24, 2.45) is 0 Å². The monoisotopic (exact) mass is 420 g/mol. The molecule has 0 aliphatic carbocycles. The number of nitrogens with zero attached hydrogens (tertiary/aromatic N) is 4. The lowest BCUT2D eigenvalue weighted by Gasteiger charge is -2.10. The molecular formula is C19H12N6O2S2. The minimum atomic E-state index is -0.322. The van der Waals surface area contributed by atoms with E-state index in [4.69, 9.17) is 0 Å². The van der Waals surface area contributed by atoms with Crippen molar-refractivity contribution in [3.8, 4) is 16.3 Å². The van der Waals surface area contributed by atoms with Gasteiger partial charge in [-0.15, -0.1) is 11.3 Å². The van der Waals surface area contributed by atoms with E-state index in [0.29, 0.717) is 28.1 Å². The molecule has 0 bridgehead atoms. The van der Waals surface area contributed by atoms with Gasteiger partial charge < -0.3 is 10.3 Å². The number of H-pyrrole nitrogens is 1. The molecule has 142 valence electrons. The van der Waals surface area contributed by atoms with Gasteiger partial charge in [0, 0.05) is 16.3 Å². The van der Waals surface area contributed by atoms with Gasteiger partial charge in [0.15, 0.2) is 5.65 Å². The van der Waals surface area contributed by atoms with Crippen LogP contribution in [0.3, 0.4) is 0 Å². The molecule has 2 N–H and O–H groups in total. The molecule has 29 heavy (non-hydrogen) atoms. The van der Waals surface area contributed by atoms with Crippen molar-refractivity contribution in [1.29, 1.82) is 0 Å². The Labute approximate surface area is 171 Å². The molecule has 0 aliphatic heterocycles. The van der Waals surface area contributed by atoms with Gasteiger partial charge in [-0.2, -0.15) is 16.4 Å². The standard InChI is InChI=1S/C19H12N6O2S2/c26-17-12-7-22-25(16(12)20-10-21-17)15-4-2-1-3-13(15)23-18(27)14-9-29-19(24-14)11-5-6-28-8-11/h1-10H,(H,23,27)(H,20,21,26). The average Bonchev–Trinajstić information content (AvgIpc) is 3.48. The first-order valence-corrected chi connectivity index (χ1v) is 10.3. The Morgan fingerprint density at radius 2 is 2.07 bits per heavy atom. The van der Waals surface area contributed by atoms with Crippen molar-refractivity contribution in [1.82, 2.24) is 24.7 Å². The highest BCUT2D eigenvalue weighted by atomic mass is 32.1. The smallest absolute Gasteiger partial charge is 0.275 e. The Balaban J connectivity index is 1.49. The lowest BCUT2D eigenvalue weighted by Crippen LogP contribution is -2.15. The number of anilines is 1. The maximum atomic E-state index is 12.8. The van der Waals surface area contributed by atoms with Crippen LogP contribution in [0.1, 0.15) is 10.5 Å². The van der Waals surface area contributed by atoms with Crippen LogP contribution in [0, 0.1) is 0 Å². The first kappa shape index (κ1) is 17.5. The number of carbonyl (C=O) groups excluding carboxylic acids is 1. The molecule has 0 aliphatic rings.